The number of rotatable bonds is 6. The van der Waals surface area contributed by atoms with Crippen molar-refractivity contribution < 1.29 is 4.52 Å². The Bertz CT molecular complexity index is 630. The fraction of sp³-hybridized carbons (Fsp3) is 0.286. The highest BCUT2D eigenvalue weighted by atomic mass is 32.1. The lowest BCUT2D eigenvalue weighted by Crippen LogP contribution is -2.30. The van der Waals surface area contributed by atoms with E-state index in [1.165, 1.54) is 0 Å². The first kappa shape index (κ1) is 13.1. The molecule has 0 spiro atoms. The third-order valence-electron chi connectivity index (χ3n) is 2.97. The van der Waals surface area contributed by atoms with Crippen LogP contribution in [0, 0.1) is 0 Å². The second-order valence-corrected chi connectivity index (χ2v) is 5.62. The summed E-state index contributed by atoms with van der Waals surface area (Å²) in [4.78, 5) is 1.10. The second kappa shape index (κ2) is 6.02. The highest BCUT2D eigenvalue weighted by molar-refractivity contribution is 7.13. The lowest BCUT2D eigenvalue weighted by atomic mass is 10.3. The first-order chi connectivity index (χ1) is 9.81. The number of hydrogen-bond donors (Lipinski definition) is 1. The molecule has 104 valence electrons. The highest BCUT2D eigenvalue weighted by Gasteiger charge is 2.09. The molecule has 0 radical (unpaired) electrons. The molecule has 0 fully saturated rings. The number of hydrogen-bond acceptors (Lipinski definition) is 5. The second-order valence-electron chi connectivity index (χ2n) is 4.67. The van der Waals surface area contributed by atoms with Crippen LogP contribution in [0.1, 0.15) is 12.6 Å². The van der Waals surface area contributed by atoms with Crippen molar-refractivity contribution in [3.05, 3.63) is 47.7 Å². The third kappa shape index (κ3) is 3.15. The van der Waals surface area contributed by atoms with Gasteiger partial charge in [-0.15, -0.1) is 11.3 Å². The maximum Gasteiger partial charge on any atom is 0.177 e. The van der Waals surface area contributed by atoms with Gasteiger partial charge in [-0.25, -0.2) is 0 Å². The van der Waals surface area contributed by atoms with Gasteiger partial charge in [0, 0.05) is 31.0 Å². The summed E-state index contributed by atoms with van der Waals surface area (Å²) >= 11 is 1.65. The molecular weight excluding hydrogens is 272 g/mol. The van der Waals surface area contributed by atoms with E-state index >= 15 is 0 Å². The Labute approximate surface area is 121 Å². The predicted octanol–water partition coefficient (Wildman–Crippen LogP) is 2.78. The Morgan fingerprint density at radius 2 is 2.40 bits per heavy atom. The Kier molecular flexibility index (Phi) is 3.94. The minimum Gasteiger partial charge on any atom is -0.355 e. The molecule has 3 aromatic heterocycles. The van der Waals surface area contributed by atoms with E-state index in [1.807, 2.05) is 40.5 Å². The van der Waals surface area contributed by atoms with Crippen molar-refractivity contribution in [2.24, 2.45) is 0 Å². The van der Waals surface area contributed by atoms with Crippen LogP contribution in [0.4, 0.5) is 0 Å². The van der Waals surface area contributed by atoms with Crippen LogP contribution in [0.25, 0.3) is 10.6 Å². The molecule has 0 saturated heterocycles. The van der Waals surface area contributed by atoms with Crippen molar-refractivity contribution in [2.45, 2.75) is 26.1 Å². The summed E-state index contributed by atoms with van der Waals surface area (Å²) in [6.45, 7) is 3.65. The maximum absolute atomic E-state index is 5.35. The van der Waals surface area contributed by atoms with Crippen LogP contribution in [-0.2, 0) is 13.1 Å². The molecule has 0 aliphatic heterocycles. The van der Waals surface area contributed by atoms with E-state index in [4.69, 9.17) is 4.52 Å². The predicted molar refractivity (Wildman–Crippen MR) is 78.3 cm³/mol. The van der Waals surface area contributed by atoms with Crippen LogP contribution in [0.15, 0.2) is 46.6 Å². The summed E-state index contributed by atoms with van der Waals surface area (Å²) in [5, 5.41) is 13.7. The molecule has 5 nitrogen and oxygen atoms in total. The van der Waals surface area contributed by atoms with Crippen molar-refractivity contribution >= 4 is 11.3 Å². The molecule has 3 heterocycles. The van der Waals surface area contributed by atoms with E-state index in [0.717, 1.165) is 22.9 Å². The molecule has 6 heteroatoms. The van der Waals surface area contributed by atoms with Gasteiger partial charge in [-0.2, -0.15) is 5.10 Å². The SMILES string of the molecule is CC(Cn1cccn1)NCc1cc(-c2cccs2)on1. The fourth-order valence-electron chi connectivity index (χ4n) is 1.96. The van der Waals surface area contributed by atoms with Crippen molar-refractivity contribution in [1.29, 1.82) is 0 Å². The maximum atomic E-state index is 5.35. The molecule has 0 aromatic carbocycles. The van der Waals surface area contributed by atoms with Crippen molar-refractivity contribution in [1.82, 2.24) is 20.3 Å². The van der Waals surface area contributed by atoms with Gasteiger partial charge in [0.15, 0.2) is 5.76 Å². The fourth-order valence-corrected chi connectivity index (χ4v) is 2.64. The first-order valence-corrected chi connectivity index (χ1v) is 7.39. The summed E-state index contributed by atoms with van der Waals surface area (Å²) in [5.41, 5.74) is 0.917. The summed E-state index contributed by atoms with van der Waals surface area (Å²) in [7, 11) is 0. The number of nitrogens with one attached hydrogen (secondary N) is 1. The van der Waals surface area contributed by atoms with Gasteiger partial charge >= 0.3 is 0 Å². The Morgan fingerprint density at radius 1 is 1.45 bits per heavy atom. The molecule has 1 atom stereocenters. The molecule has 20 heavy (non-hydrogen) atoms. The van der Waals surface area contributed by atoms with E-state index in [0.29, 0.717) is 12.6 Å². The standard InChI is InChI=1S/C14H16N4OS/c1-11(10-18-6-3-5-16-18)15-9-12-8-13(19-17-12)14-4-2-7-20-14/h2-8,11,15H,9-10H2,1H3. The third-order valence-corrected chi connectivity index (χ3v) is 3.86. The Balaban J connectivity index is 1.53. The van der Waals surface area contributed by atoms with Gasteiger partial charge in [0.05, 0.1) is 17.1 Å². The van der Waals surface area contributed by atoms with Gasteiger partial charge in [-0.1, -0.05) is 11.2 Å². The van der Waals surface area contributed by atoms with Crippen LogP contribution in [0.2, 0.25) is 0 Å². The minimum atomic E-state index is 0.316. The molecule has 3 aromatic rings. The van der Waals surface area contributed by atoms with Crippen LogP contribution in [0.3, 0.4) is 0 Å². The first-order valence-electron chi connectivity index (χ1n) is 6.51. The average Bonchev–Trinajstić information content (AvgIpc) is 3.18. The summed E-state index contributed by atoms with van der Waals surface area (Å²) in [6.07, 6.45) is 3.75. The van der Waals surface area contributed by atoms with Crippen LogP contribution in [-0.4, -0.2) is 21.0 Å². The van der Waals surface area contributed by atoms with Crippen LogP contribution >= 0.6 is 11.3 Å². The van der Waals surface area contributed by atoms with E-state index in [2.05, 4.69) is 22.5 Å². The van der Waals surface area contributed by atoms with E-state index in [1.54, 1.807) is 17.5 Å². The average molecular weight is 288 g/mol. The van der Waals surface area contributed by atoms with Crippen molar-refractivity contribution in [3.8, 4) is 10.6 Å². The normalized spacial score (nSPS) is 12.7. The molecule has 0 saturated carbocycles. The number of nitrogens with zero attached hydrogens (tertiary/aromatic N) is 3. The van der Waals surface area contributed by atoms with Gasteiger partial charge in [0.2, 0.25) is 0 Å². The number of thiophene rings is 1. The smallest absolute Gasteiger partial charge is 0.177 e. The lowest BCUT2D eigenvalue weighted by molar-refractivity contribution is 0.407. The van der Waals surface area contributed by atoms with E-state index in [9.17, 15) is 0 Å². The zero-order chi connectivity index (χ0) is 13.8. The molecule has 1 unspecified atom stereocenters. The van der Waals surface area contributed by atoms with Gasteiger partial charge in [-0.05, 0) is 24.4 Å². The van der Waals surface area contributed by atoms with E-state index in [-0.39, 0.29) is 0 Å². The summed E-state index contributed by atoms with van der Waals surface area (Å²) in [6, 6.07) is 8.27. The zero-order valence-corrected chi connectivity index (χ0v) is 12.0. The van der Waals surface area contributed by atoms with Crippen LogP contribution in [0.5, 0.6) is 0 Å². The molecule has 0 amide bonds. The largest absolute Gasteiger partial charge is 0.355 e. The molecular formula is C14H16N4OS. The molecule has 0 aliphatic rings. The van der Waals surface area contributed by atoms with Crippen molar-refractivity contribution in [3.63, 3.8) is 0 Å². The zero-order valence-electron chi connectivity index (χ0n) is 11.2. The van der Waals surface area contributed by atoms with Gasteiger partial charge in [-0.3, -0.25) is 4.68 Å². The quantitative estimate of drug-likeness (QED) is 0.758. The van der Waals surface area contributed by atoms with E-state index < -0.39 is 0 Å². The summed E-state index contributed by atoms with van der Waals surface area (Å²) < 4.78 is 7.26. The van der Waals surface area contributed by atoms with Crippen molar-refractivity contribution in [2.75, 3.05) is 0 Å². The van der Waals surface area contributed by atoms with Gasteiger partial charge < -0.3 is 9.84 Å². The minimum absolute atomic E-state index is 0.316. The lowest BCUT2D eigenvalue weighted by Gasteiger charge is -2.12. The van der Waals surface area contributed by atoms with Gasteiger partial charge in [0.25, 0.3) is 0 Å². The summed E-state index contributed by atoms with van der Waals surface area (Å²) in [5.74, 6) is 0.830. The molecule has 1 N–H and O–H groups in total. The number of aromatic nitrogens is 3. The Morgan fingerprint density at radius 3 is 3.15 bits per heavy atom. The monoisotopic (exact) mass is 288 g/mol. The molecule has 3 rings (SSSR count). The Hall–Kier alpha value is -1.92. The van der Waals surface area contributed by atoms with Crippen LogP contribution < -0.4 is 5.32 Å². The molecule has 0 bridgehead atoms. The van der Waals surface area contributed by atoms with Gasteiger partial charge in [0.1, 0.15) is 0 Å². The topological polar surface area (TPSA) is 55.9 Å². The highest BCUT2D eigenvalue weighted by Crippen LogP contribution is 2.24. The molecule has 0 aliphatic carbocycles.